The molecule has 0 spiro atoms. The molecule has 0 bridgehead atoms. The Balaban J connectivity index is 1.54. The number of rotatable bonds is 8. The largest absolute Gasteiger partial charge is 0.254 e. The second kappa shape index (κ2) is 9.11. The van der Waals surface area contributed by atoms with E-state index in [1.165, 1.54) is 47.8 Å². The molecule has 2 aromatic rings. The molecule has 2 aromatic carbocycles. The predicted molar refractivity (Wildman–Crippen MR) is 112 cm³/mol. The Kier molecular flexibility index (Phi) is 6.93. The fourth-order valence-electron chi connectivity index (χ4n) is 3.45. The van der Waals surface area contributed by atoms with Crippen molar-refractivity contribution in [2.45, 2.75) is 41.1 Å². The molecule has 30 heavy (non-hydrogen) atoms. The van der Waals surface area contributed by atoms with Gasteiger partial charge in [0.25, 0.3) is 0 Å². The van der Waals surface area contributed by atoms with Crippen LogP contribution in [0, 0.1) is 5.82 Å². The van der Waals surface area contributed by atoms with E-state index in [4.69, 9.17) is 0 Å². The van der Waals surface area contributed by atoms with Crippen molar-refractivity contribution >= 4 is 19.9 Å². The van der Waals surface area contributed by atoms with Crippen molar-refractivity contribution in [3.8, 4) is 0 Å². The number of sulfonamides is 1. The number of halogens is 1. The Morgan fingerprint density at radius 3 is 2.37 bits per heavy atom. The molecule has 2 N–H and O–H groups in total. The SMILES string of the molecule is CN(CCCC1CC(c2ccc(F)cc2)NN1)S(=O)(=O)c1cccc(S(C)(=O)=O)c1. The lowest BCUT2D eigenvalue weighted by Gasteiger charge is -2.18. The number of hydrogen-bond donors (Lipinski definition) is 2. The van der Waals surface area contributed by atoms with Crippen LogP contribution < -0.4 is 10.9 Å². The normalized spacial score (nSPS) is 20.0. The second-order valence-electron chi connectivity index (χ2n) is 7.54. The molecule has 0 aromatic heterocycles. The molecule has 1 saturated heterocycles. The van der Waals surface area contributed by atoms with Crippen LogP contribution in [0.25, 0.3) is 0 Å². The molecule has 1 aliphatic rings. The highest BCUT2D eigenvalue weighted by Crippen LogP contribution is 2.25. The van der Waals surface area contributed by atoms with Crippen molar-refractivity contribution in [3.63, 3.8) is 0 Å². The molecule has 0 aliphatic carbocycles. The van der Waals surface area contributed by atoms with Gasteiger partial charge in [-0.3, -0.25) is 10.9 Å². The molecule has 1 heterocycles. The Labute approximate surface area is 177 Å². The molecule has 3 rings (SSSR count). The number of sulfone groups is 1. The number of nitrogens with zero attached hydrogens (tertiary/aromatic N) is 1. The van der Waals surface area contributed by atoms with E-state index in [0.717, 1.165) is 24.7 Å². The highest BCUT2D eigenvalue weighted by atomic mass is 32.2. The van der Waals surface area contributed by atoms with E-state index in [9.17, 15) is 21.2 Å². The van der Waals surface area contributed by atoms with Crippen LogP contribution in [0.5, 0.6) is 0 Å². The third kappa shape index (κ3) is 5.44. The summed E-state index contributed by atoms with van der Waals surface area (Å²) in [5, 5.41) is 0. The van der Waals surface area contributed by atoms with Crippen LogP contribution in [0.15, 0.2) is 58.3 Å². The third-order valence-corrected chi connectivity index (χ3v) is 8.18. The van der Waals surface area contributed by atoms with Gasteiger partial charge in [-0.2, -0.15) is 0 Å². The first-order valence-corrected chi connectivity index (χ1v) is 12.9. The van der Waals surface area contributed by atoms with Gasteiger partial charge in [0.2, 0.25) is 10.0 Å². The van der Waals surface area contributed by atoms with Gasteiger partial charge in [-0.25, -0.2) is 25.5 Å². The Morgan fingerprint density at radius 1 is 1.03 bits per heavy atom. The lowest BCUT2D eigenvalue weighted by Crippen LogP contribution is -2.32. The van der Waals surface area contributed by atoms with Gasteiger partial charge in [0.15, 0.2) is 9.84 Å². The molecule has 164 valence electrons. The minimum atomic E-state index is -3.78. The fourth-order valence-corrected chi connectivity index (χ4v) is 5.45. The zero-order valence-corrected chi connectivity index (χ0v) is 18.5. The predicted octanol–water partition coefficient (Wildman–Crippen LogP) is 2.24. The molecule has 10 heteroatoms. The van der Waals surface area contributed by atoms with E-state index in [0.29, 0.717) is 13.0 Å². The Hall–Kier alpha value is -1.85. The summed E-state index contributed by atoms with van der Waals surface area (Å²) in [4.78, 5) is -0.0602. The van der Waals surface area contributed by atoms with Crippen LogP contribution in [0.1, 0.15) is 30.9 Å². The first-order valence-electron chi connectivity index (χ1n) is 9.60. The van der Waals surface area contributed by atoms with Gasteiger partial charge < -0.3 is 0 Å². The molecular formula is C20H26FN3O4S2. The Bertz CT molecular complexity index is 1090. The quantitative estimate of drug-likeness (QED) is 0.634. The van der Waals surface area contributed by atoms with Crippen LogP contribution in [0.2, 0.25) is 0 Å². The van der Waals surface area contributed by atoms with Crippen molar-refractivity contribution in [1.29, 1.82) is 0 Å². The Morgan fingerprint density at radius 2 is 1.70 bits per heavy atom. The zero-order chi connectivity index (χ0) is 21.9. The maximum absolute atomic E-state index is 13.1. The van der Waals surface area contributed by atoms with Gasteiger partial charge in [-0.1, -0.05) is 18.2 Å². The van der Waals surface area contributed by atoms with E-state index in [-0.39, 0.29) is 27.7 Å². The van der Waals surface area contributed by atoms with Crippen molar-refractivity contribution < 1.29 is 21.2 Å². The summed E-state index contributed by atoms with van der Waals surface area (Å²) in [6.07, 6.45) is 3.26. The summed E-state index contributed by atoms with van der Waals surface area (Å²) >= 11 is 0. The highest BCUT2D eigenvalue weighted by molar-refractivity contribution is 7.91. The van der Waals surface area contributed by atoms with E-state index in [1.54, 1.807) is 12.1 Å². The molecule has 1 aliphatic heterocycles. The van der Waals surface area contributed by atoms with Crippen LogP contribution in [0.3, 0.4) is 0 Å². The summed E-state index contributed by atoms with van der Waals surface area (Å²) < 4.78 is 63.3. The number of nitrogens with one attached hydrogen (secondary N) is 2. The zero-order valence-electron chi connectivity index (χ0n) is 16.9. The average molecular weight is 456 g/mol. The molecule has 1 fully saturated rings. The average Bonchev–Trinajstić information content (AvgIpc) is 3.16. The minimum Gasteiger partial charge on any atom is -0.254 e. The van der Waals surface area contributed by atoms with E-state index in [2.05, 4.69) is 10.9 Å². The molecule has 2 unspecified atom stereocenters. The maximum atomic E-state index is 13.1. The van der Waals surface area contributed by atoms with Crippen LogP contribution in [-0.2, 0) is 19.9 Å². The van der Waals surface area contributed by atoms with Crippen molar-refractivity contribution in [2.75, 3.05) is 19.8 Å². The topological polar surface area (TPSA) is 95.6 Å². The monoisotopic (exact) mass is 455 g/mol. The van der Waals surface area contributed by atoms with Gasteiger partial charge in [0.1, 0.15) is 5.82 Å². The molecule has 7 nitrogen and oxygen atoms in total. The first-order chi connectivity index (χ1) is 14.1. The summed E-state index contributed by atoms with van der Waals surface area (Å²) in [6.45, 7) is 0.310. The van der Waals surface area contributed by atoms with Gasteiger partial charge in [-0.05, 0) is 55.2 Å². The van der Waals surface area contributed by atoms with E-state index in [1.807, 2.05) is 0 Å². The fraction of sp³-hybridized carbons (Fsp3) is 0.400. The van der Waals surface area contributed by atoms with Gasteiger partial charge in [0, 0.05) is 31.9 Å². The molecular weight excluding hydrogens is 429 g/mol. The van der Waals surface area contributed by atoms with Gasteiger partial charge in [-0.15, -0.1) is 0 Å². The second-order valence-corrected chi connectivity index (χ2v) is 11.6. The lowest BCUT2D eigenvalue weighted by molar-refractivity contribution is 0.428. The minimum absolute atomic E-state index is 0.0231. The summed E-state index contributed by atoms with van der Waals surface area (Å²) in [5.41, 5.74) is 7.40. The smallest absolute Gasteiger partial charge is 0.242 e. The third-order valence-electron chi connectivity index (χ3n) is 5.22. The molecule has 0 radical (unpaired) electrons. The van der Waals surface area contributed by atoms with Crippen LogP contribution >= 0.6 is 0 Å². The number of benzene rings is 2. The summed E-state index contributed by atoms with van der Waals surface area (Å²) in [5.74, 6) is -0.271. The molecule has 2 atom stereocenters. The van der Waals surface area contributed by atoms with E-state index < -0.39 is 19.9 Å². The summed E-state index contributed by atoms with van der Waals surface area (Å²) in [7, 11) is -5.78. The lowest BCUT2D eigenvalue weighted by atomic mass is 10.00. The summed E-state index contributed by atoms with van der Waals surface area (Å²) in [6, 6.07) is 12.0. The maximum Gasteiger partial charge on any atom is 0.242 e. The van der Waals surface area contributed by atoms with E-state index >= 15 is 0 Å². The van der Waals surface area contributed by atoms with Crippen LogP contribution in [-0.4, -0.2) is 47.0 Å². The molecule has 0 amide bonds. The highest BCUT2D eigenvalue weighted by Gasteiger charge is 2.26. The standard InChI is InChI=1S/C20H26FN3O4S2/c1-24(30(27,28)19-7-3-6-18(14-19)29(2,25)26)12-4-5-17-13-20(23-22-17)15-8-10-16(21)11-9-15/h3,6-11,14,17,20,22-23H,4-5,12-13H2,1-2H3. The van der Waals surface area contributed by atoms with Crippen molar-refractivity contribution in [3.05, 3.63) is 59.9 Å². The van der Waals surface area contributed by atoms with Crippen LogP contribution in [0.4, 0.5) is 4.39 Å². The van der Waals surface area contributed by atoms with Crippen molar-refractivity contribution in [1.82, 2.24) is 15.2 Å². The van der Waals surface area contributed by atoms with Crippen molar-refractivity contribution in [2.24, 2.45) is 0 Å². The number of hydrogen-bond acceptors (Lipinski definition) is 6. The molecule has 0 saturated carbocycles. The number of hydrazine groups is 1. The van der Waals surface area contributed by atoms with Gasteiger partial charge in [0.05, 0.1) is 9.79 Å². The first kappa shape index (κ1) is 22.8. The van der Waals surface area contributed by atoms with Gasteiger partial charge >= 0.3 is 0 Å².